The first kappa shape index (κ1) is 12.7. The van der Waals surface area contributed by atoms with Crippen molar-refractivity contribution in [3.8, 4) is 11.1 Å². The number of hydrogen-bond acceptors (Lipinski definition) is 2. The van der Waals surface area contributed by atoms with Crippen molar-refractivity contribution in [2.45, 2.75) is 18.7 Å². The van der Waals surface area contributed by atoms with Gasteiger partial charge in [0.25, 0.3) is 0 Å². The van der Waals surface area contributed by atoms with E-state index in [1.54, 1.807) is 12.3 Å². The Bertz CT molecular complexity index is 440. The lowest BCUT2D eigenvalue weighted by Crippen LogP contribution is -1.84. The minimum absolute atomic E-state index is 0.306. The number of pyridine rings is 1. The van der Waals surface area contributed by atoms with Crippen LogP contribution in [0.1, 0.15) is 13.8 Å². The van der Waals surface area contributed by atoms with Crippen LogP contribution in [0.25, 0.3) is 11.1 Å². The van der Waals surface area contributed by atoms with Gasteiger partial charge in [0.05, 0.1) is 6.20 Å². The summed E-state index contributed by atoms with van der Waals surface area (Å²) in [7, 11) is 0. The van der Waals surface area contributed by atoms with Crippen molar-refractivity contribution in [3.63, 3.8) is 0 Å². The summed E-state index contributed by atoms with van der Waals surface area (Å²) < 4.78 is 13.3. The van der Waals surface area contributed by atoms with Crippen molar-refractivity contribution in [2.24, 2.45) is 0 Å². The monoisotopic (exact) mass is 235 g/mol. The van der Waals surface area contributed by atoms with E-state index in [0.717, 1.165) is 10.5 Å². The molecule has 84 valence electrons. The molecular formula is C13H14FNS. The van der Waals surface area contributed by atoms with Gasteiger partial charge in [-0.2, -0.15) is 0 Å². The fourth-order valence-electron chi connectivity index (χ4n) is 1.25. The van der Waals surface area contributed by atoms with E-state index in [-0.39, 0.29) is 5.82 Å². The van der Waals surface area contributed by atoms with Crippen molar-refractivity contribution in [1.29, 1.82) is 0 Å². The Balaban J connectivity index is 0.000000606. The standard InChI is InChI=1S/C11H8FNS.C2H6/c12-11-7-13-6-5-10(11)8-1-3-9(14)4-2-8;1-2/h1-7,14H;1-2H3. The van der Waals surface area contributed by atoms with E-state index >= 15 is 0 Å². The largest absolute Gasteiger partial charge is 0.262 e. The highest BCUT2D eigenvalue weighted by Crippen LogP contribution is 2.22. The molecule has 0 atom stereocenters. The van der Waals surface area contributed by atoms with Crippen LogP contribution in [-0.4, -0.2) is 4.98 Å². The van der Waals surface area contributed by atoms with Crippen molar-refractivity contribution in [1.82, 2.24) is 4.98 Å². The third kappa shape index (κ3) is 3.07. The predicted molar refractivity (Wildman–Crippen MR) is 68.2 cm³/mol. The molecule has 2 rings (SSSR count). The van der Waals surface area contributed by atoms with Gasteiger partial charge in [-0.25, -0.2) is 4.39 Å². The van der Waals surface area contributed by atoms with Crippen molar-refractivity contribution in [3.05, 3.63) is 48.5 Å². The second-order valence-corrected chi connectivity index (χ2v) is 3.42. The van der Waals surface area contributed by atoms with Crippen molar-refractivity contribution >= 4 is 12.6 Å². The van der Waals surface area contributed by atoms with Crippen LogP contribution in [0.4, 0.5) is 4.39 Å². The molecule has 1 aromatic carbocycles. The first-order chi connectivity index (χ1) is 7.77. The zero-order chi connectivity index (χ0) is 12.0. The molecule has 2 aromatic rings. The molecule has 0 spiro atoms. The normalized spacial score (nSPS) is 9.25. The first-order valence-corrected chi connectivity index (χ1v) is 5.61. The lowest BCUT2D eigenvalue weighted by atomic mass is 10.1. The highest BCUT2D eigenvalue weighted by molar-refractivity contribution is 7.80. The van der Waals surface area contributed by atoms with Crippen LogP contribution >= 0.6 is 12.6 Å². The van der Waals surface area contributed by atoms with E-state index in [1.165, 1.54) is 6.20 Å². The molecular weight excluding hydrogens is 221 g/mol. The van der Waals surface area contributed by atoms with Crippen LogP contribution in [0.2, 0.25) is 0 Å². The van der Waals surface area contributed by atoms with E-state index in [0.29, 0.717) is 5.56 Å². The van der Waals surface area contributed by atoms with Crippen LogP contribution in [0, 0.1) is 5.82 Å². The van der Waals surface area contributed by atoms with Gasteiger partial charge in [0.15, 0.2) is 0 Å². The molecule has 16 heavy (non-hydrogen) atoms. The number of aromatic nitrogens is 1. The maximum Gasteiger partial charge on any atom is 0.149 e. The number of nitrogens with zero attached hydrogens (tertiary/aromatic N) is 1. The Kier molecular flexibility index (Phi) is 4.99. The molecule has 1 heterocycles. The van der Waals surface area contributed by atoms with Crippen LogP contribution in [0.15, 0.2) is 47.6 Å². The minimum atomic E-state index is -0.306. The average molecular weight is 235 g/mol. The van der Waals surface area contributed by atoms with E-state index in [2.05, 4.69) is 17.6 Å². The fourth-order valence-corrected chi connectivity index (χ4v) is 1.40. The molecule has 1 aromatic heterocycles. The molecule has 0 aliphatic rings. The Morgan fingerprint density at radius 1 is 1.06 bits per heavy atom. The van der Waals surface area contributed by atoms with Gasteiger partial charge in [-0.3, -0.25) is 4.98 Å². The second-order valence-electron chi connectivity index (χ2n) is 2.90. The number of benzene rings is 1. The summed E-state index contributed by atoms with van der Waals surface area (Å²) in [6.45, 7) is 4.00. The van der Waals surface area contributed by atoms with Gasteiger partial charge in [-0.15, -0.1) is 12.6 Å². The number of rotatable bonds is 1. The second kappa shape index (κ2) is 6.28. The molecule has 0 aliphatic carbocycles. The summed E-state index contributed by atoms with van der Waals surface area (Å²) in [5.41, 5.74) is 1.40. The average Bonchev–Trinajstić information content (AvgIpc) is 2.34. The molecule has 0 fully saturated rings. The smallest absolute Gasteiger partial charge is 0.149 e. The van der Waals surface area contributed by atoms with E-state index in [1.807, 2.05) is 38.1 Å². The van der Waals surface area contributed by atoms with Crippen LogP contribution in [-0.2, 0) is 0 Å². The van der Waals surface area contributed by atoms with E-state index in [9.17, 15) is 4.39 Å². The molecule has 0 bridgehead atoms. The van der Waals surface area contributed by atoms with Gasteiger partial charge < -0.3 is 0 Å². The van der Waals surface area contributed by atoms with Gasteiger partial charge in [-0.1, -0.05) is 26.0 Å². The quantitative estimate of drug-likeness (QED) is 0.731. The first-order valence-electron chi connectivity index (χ1n) is 5.16. The summed E-state index contributed by atoms with van der Waals surface area (Å²) in [4.78, 5) is 4.56. The third-order valence-corrected chi connectivity index (χ3v) is 2.25. The Labute approximate surface area is 101 Å². The van der Waals surface area contributed by atoms with E-state index in [4.69, 9.17) is 0 Å². The highest BCUT2D eigenvalue weighted by atomic mass is 32.1. The lowest BCUT2D eigenvalue weighted by Gasteiger charge is -2.02. The zero-order valence-corrected chi connectivity index (χ0v) is 10.2. The minimum Gasteiger partial charge on any atom is -0.262 e. The Morgan fingerprint density at radius 3 is 2.25 bits per heavy atom. The topological polar surface area (TPSA) is 12.9 Å². The maximum absolute atomic E-state index is 13.3. The maximum atomic E-state index is 13.3. The summed E-state index contributed by atoms with van der Waals surface area (Å²) in [6, 6.07) is 8.99. The Hall–Kier alpha value is -1.35. The predicted octanol–water partition coefficient (Wildman–Crippen LogP) is 4.20. The highest BCUT2D eigenvalue weighted by Gasteiger charge is 2.03. The SMILES string of the molecule is CC.Fc1cnccc1-c1ccc(S)cc1. The zero-order valence-electron chi connectivity index (χ0n) is 9.31. The van der Waals surface area contributed by atoms with Crippen molar-refractivity contribution in [2.75, 3.05) is 0 Å². The van der Waals surface area contributed by atoms with Gasteiger partial charge in [-0.05, 0) is 23.8 Å². The molecule has 0 saturated heterocycles. The molecule has 0 unspecified atom stereocenters. The summed E-state index contributed by atoms with van der Waals surface area (Å²) in [5.74, 6) is -0.306. The summed E-state index contributed by atoms with van der Waals surface area (Å²) in [6.07, 6.45) is 2.79. The third-order valence-electron chi connectivity index (χ3n) is 1.95. The number of thiol groups is 1. The molecule has 3 heteroatoms. The van der Waals surface area contributed by atoms with Gasteiger partial charge in [0.1, 0.15) is 5.82 Å². The summed E-state index contributed by atoms with van der Waals surface area (Å²) >= 11 is 4.16. The molecule has 0 N–H and O–H groups in total. The van der Waals surface area contributed by atoms with Crippen molar-refractivity contribution < 1.29 is 4.39 Å². The van der Waals surface area contributed by atoms with Crippen LogP contribution in [0.3, 0.4) is 0 Å². The number of halogens is 1. The van der Waals surface area contributed by atoms with Crippen LogP contribution in [0.5, 0.6) is 0 Å². The van der Waals surface area contributed by atoms with Crippen LogP contribution < -0.4 is 0 Å². The van der Waals surface area contributed by atoms with Gasteiger partial charge in [0.2, 0.25) is 0 Å². The fraction of sp³-hybridized carbons (Fsp3) is 0.154. The molecule has 0 amide bonds. The van der Waals surface area contributed by atoms with E-state index < -0.39 is 0 Å². The Morgan fingerprint density at radius 2 is 1.69 bits per heavy atom. The number of hydrogen-bond donors (Lipinski definition) is 1. The van der Waals surface area contributed by atoms with Gasteiger partial charge in [0, 0.05) is 16.7 Å². The van der Waals surface area contributed by atoms with Gasteiger partial charge >= 0.3 is 0 Å². The lowest BCUT2D eigenvalue weighted by molar-refractivity contribution is 0.625. The molecule has 1 nitrogen and oxygen atoms in total. The summed E-state index contributed by atoms with van der Waals surface area (Å²) in [5, 5.41) is 0. The molecule has 0 radical (unpaired) electrons. The molecule has 0 saturated carbocycles. The molecule has 0 aliphatic heterocycles.